The molecule has 6 rings (SSSR count). The molecule has 2 N–H and O–H groups in total. The molecule has 3 aromatic heterocycles. The summed E-state index contributed by atoms with van der Waals surface area (Å²) in [4.78, 5) is 37.9. The number of carbonyl (C=O) groups is 2. The lowest BCUT2D eigenvalue weighted by Crippen LogP contribution is -2.77. The third-order valence-electron chi connectivity index (χ3n) is 6.38. The summed E-state index contributed by atoms with van der Waals surface area (Å²) in [5, 5.41) is 13.6. The summed E-state index contributed by atoms with van der Waals surface area (Å²) in [5.41, 5.74) is 0.262. The molecule has 3 saturated carbocycles. The molecule has 3 aliphatic rings. The van der Waals surface area contributed by atoms with Gasteiger partial charge in [0.15, 0.2) is 0 Å². The standard InChI is InChI=1S/C21H25N5O3S/c1-12(2)17-24-25(18(29)15-6-14-4-5-30-19(14)26(15)17)7-16(28)23-21-8-20(9-21,10-21)11-22-13(3)27/h4-6,12H,7-11H2,1-3H3,(H,22,27)(H,23,28). The van der Waals surface area contributed by atoms with Crippen molar-refractivity contribution in [2.45, 2.75) is 58.0 Å². The van der Waals surface area contributed by atoms with Crippen LogP contribution in [0.5, 0.6) is 0 Å². The number of thiophene rings is 1. The lowest BCUT2D eigenvalue weighted by atomic mass is 9.39. The Hall–Kier alpha value is -2.68. The second-order valence-corrected chi connectivity index (χ2v) is 10.2. The number of hydrogen-bond donors (Lipinski definition) is 2. The van der Waals surface area contributed by atoms with Gasteiger partial charge >= 0.3 is 0 Å². The maximum Gasteiger partial charge on any atom is 0.291 e. The highest BCUT2D eigenvalue weighted by Gasteiger charge is 2.68. The van der Waals surface area contributed by atoms with Crippen LogP contribution in [-0.2, 0) is 16.1 Å². The molecule has 2 bridgehead atoms. The smallest absolute Gasteiger partial charge is 0.291 e. The van der Waals surface area contributed by atoms with Gasteiger partial charge in [0.25, 0.3) is 5.56 Å². The van der Waals surface area contributed by atoms with Crippen LogP contribution in [0, 0.1) is 5.41 Å². The fraction of sp³-hybridized carbons (Fsp3) is 0.524. The average molecular weight is 428 g/mol. The minimum Gasteiger partial charge on any atom is -0.356 e. The molecule has 3 fully saturated rings. The van der Waals surface area contributed by atoms with Crippen LogP contribution in [0.25, 0.3) is 15.7 Å². The molecule has 0 aliphatic heterocycles. The van der Waals surface area contributed by atoms with Crippen LogP contribution in [0.3, 0.4) is 0 Å². The fourth-order valence-corrected chi connectivity index (χ4v) is 6.14. The zero-order valence-corrected chi connectivity index (χ0v) is 18.1. The van der Waals surface area contributed by atoms with Crippen molar-refractivity contribution in [1.29, 1.82) is 0 Å². The molecule has 30 heavy (non-hydrogen) atoms. The van der Waals surface area contributed by atoms with Crippen LogP contribution >= 0.6 is 11.3 Å². The Morgan fingerprint density at radius 1 is 1.30 bits per heavy atom. The van der Waals surface area contributed by atoms with E-state index in [1.54, 1.807) is 11.3 Å². The van der Waals surface area contributed by atoms with Gasteiger partial charge in [-0.1, -0.05) is 13.8 Å². The second-order valence-electron chi connectivity index (χ2n) is 9.29. The largest absolute Gasteiger partial charge is 0.356 e. The topological polar surface area (TPSA) is 97.5 Å². The number of rotatable bonds is 6. The molecular formula is C21H25N5O3S. The molecule has 3 aliphatic carbocycles. The van der Waals surface area contributed by atoms with Crippen molar-refractivity contribution < 1.29 is 9.59 Å². The van der Waals surface area contributed by atoms with E-state index < -0.39 is 0 Å². The van der Waals surface area contributed by atoms with Gasteiger partial charge in [0.05, 0.1) is 0 Å². The minimum absolute atomic E-state index is 0.0233. The average Bonchev–Trinajstić information content (AvgIpc) is 3.19. The normalized spacial score (nSPS) is 24.7. The summed E-state index contributed by atoms with van der Waals surface area (Å²) in [7, 11) is 0. The summed E-state index contributed by atoms with van der Waals surface area (Å²) in [5.74, 6) is 0.663. The van der Waals surface area contributed by atoms with E-state index in [2.05, 4.69) is 15.7 Å². The molecule has 0 saturated heterocycles. The number of nitrogens with zero attached hydrogens (tertiary/aromatic N) is 3. The Balaban J connectivity index is 1.35. The first-order chi connectivity index (χ1) is 14.2. The minimum atomic E-state index is -0.252. The van der Waals surface area contributed by atoms with Crippen molar-refractivity contribution in [3.05, 3.63) is 33.7 Å². The van der Waals surface area contributed by atoms with E-state index in [0.717, 1.165) is 35.3 Å². The van der Waals surface area contributed by atoms with Crippen molar-refractivity contribution in [2.75, 3.05) is 6.54 Å². The van der Waals surface area contributed by atoms with Crippen LogP contribution in [0.1, 0.15) is 51.8 Å². The van der Waals surface area contributed by atoms with Crippen molar-refractivity contribution in [3.63, 3.8) is 0 Å². The molecule has 0 atom stereocenters. The first kappa shape index (κ1) is 19.3. The molecule has 3 heterocycles. The predicted molar refractivity (Wildman–Crippen MR) is 115 cm³/mol. The van der Waals surface area contributed by atoms with Crippen molar-refractivity contribution in [3.8, 4) is 0 Å². The van der Waals surface area contributed by atoms with E-state index in [9.17, 15) is 14.4 Å². The molecule has 0 aromatic carbocycles. The van der Waals surface area contributed by atoms with Gasteiger partial charge in [0.1, 0.15) is 22.7 Å². The summed E-state index contributed by atoms with van der Waals surface area (Å²) in [6, 6.07) is 3.87. The zero-order chi connectivity index (χ0) is 21.3. The highest BCUT2D eigenvalue weighted by molar-refractivity contribution is 7.16. The summed E-state index contributed by atoms with van der Waals surface area (Å²) in [6.07, 6.45) is 2.62. The Bertz CT molecular complexity index is 1230. The van der Waals surface area contributed by atoms with Crippen molar-refractivity contribution in [2.24, 2.45) is 5.41 Å². The van der Waals surface area contributed by atoms with E-state index in [0.29, 0.717) is 12.1 Å². The Kier molecular flexibility index (Phi) is 4.12. The highest BCUT2D eigenvalue weighted by Crippen LogP contribution is 2.66. The van der Waals surface area contributed by atoms with Crippen molar-refractivity contribution in [1.82, 2.24) is 24.8 Å². The summed E-state index contributed by atoms with van der Waals surface area (Å²) >= 11 is 1.58. The first-order valence-corrected chi connectivity index (χ1v) is 11.1. The molecule has 0 unspecified atom stereocenters. The third-order valence-corrected chi connectivity index (χ3v) is 7.30. The molecule has 0 spiro atoms. The second kappa shape index (κ2) is 6.41. The van der Waals surface area contributed by atoms with Gasteiger partial charge in [-0.3, -0.25) is 18.8 Å². The quantitative estimate of drug-likeness (QED) is 0.629. The number of nitrogens with one attached hydrogen (secondary N) is 2. The SMILES string of the molecule is CC(=O)NCC12CC(NC(=O)Cn3nc(C(C)C)n4c(cc5ccsc54)c3=O)(C1)C2. The highest BCUT2D eigenvalue weighted by atomic mass is 32.1. The zero-order valence-electron chi connectivity index (χ0n) is 17.3. The molecule has 3 aromatic rings. The van der Waals surface area contributed by atoms with Crippen molar-refractivity contribution >= 4 is 38.9 Å². The van der Waals surface area contributed by atoms with E-state index in [1.165, 1.54) is 11.6 Å². The summed E-state index contributed by atoms with van der Waals surface area (Å²) in [6.45, 7) is 6.17. The van der Waals surface area contributed by atoms with Gasteiger partial charge in [-0.2, -0.15) is 5.10 Å². The lowest BCUT2D eigenvalue weighted by molar-refractivity contribution is -0.165. The number of hydrogen-bond acceptors (Lipinski definition) is 5. The van der Waals surface area contributed by atoms with E-state index in [4.69, 9.17) is 0 Å². The maximum absolute atomic E-state index is 13.0. The van der Waals surface area contributed by atoms with Crippen LogP contribution in [0.15, 0.2) is 22.3 Å². The number of amides is 2. The van der Waals surface area contributed by atoms with Crippen LogP contribution in [0.4, 0.5) is 0 Å². The predicted octanol–water partition coefficient (Wildman–Crippen LogP) is 2.01. The number of carbonyl (C=O) groups excluding carboxylic acids is 2. The summed E-state index contributed by atoms with van der Waals surface area (Å²) < 4.78 is 3.22. The molecule has 158 valence electrons. The van der Waals surface area contributed by atoms with Crippen LogP contribution in [0.2, 0.25) is 0 Å². The molecule has 9 heteroatoms. The van der Waals surface area contributed by atoms with Gasteiger partial charge in [0, 0.05) is 30.3 Å². The third kappa shape index (κ3) is 2.86. The van der Waals surface area contributed by atoms with Crippen LogP contribution < -0.4 is 16.2 Å². The monoisotopic (exact) mass is 427 g/mol. The molecule has 2 amide bonds. The molecule has 0 radical (unpaired) electrons. The van der Waals surface area contributed by atoms with E-state index in [-0.39, 0.29) is 40.8 Å². The Morgan fingerprint density at radius 3 is 2.70 bits per heavy atom. The number of aromatic nitrogens is 3. The van der Waals surface area contributed by atoms with Gasteiger partial charge in [-0.05, 0) is 42.2 Å². The number of fused-ring (bicyclic) bond motifs is 3. The fourth-order valence-electron chi connectivity index (χ4n) is 5.24. The first-order valence-electron chi connectivity index (χ1n) is 10.3. The van der Waals surface area contributed by atoms with E-state index in [1.807, 2.05) is 35.8 Å². The van der Waals surface area contributed by atoms with Crippen LogP contribution in [-0.4, -0.2) is 38.1 Å². The maximum atomic E-state index is 13.0. The Labute approximate surface area is 177 Å². The van der Waals surface area contributed by atoms with E-state index >= 15 is 0 Å². The molecule has 8 nitrogen and oxygen atoms in total. The van der Waals surface area contributed by atoms with Gasteiger partial charge in [-0.15, -0.1) is 11.3 Å². The van der Waals surface area contributed by atoms with Gasteiger partial charge in [-0.25, -0.2) is 4.68 Å². The van der Waals surface area contributed by atoms with Gasteiger partial charge in [0.2, 0.25) is 11.8 Å². The molecular weight excluding hydrogens is 402 g/mol. The lowest BCUT2D eigenvalue weighted by Gasteiger charge is -2.70. The van der Waals surface area contributed by atoms with Gasteiger partial charge < -0.3 is 10.6 Å². The Morgan fingerprint density at radius 2 is 2.03 bits per heavy atom.